The summed E-state index contributed by atoms with van der Waals surface area (Å²) in [6.45, 7) is 1.50. The summed E-state index contributed by atoms with van der Waals surface area (Å²) in [5, 5.41) is 0. The van der Waals surface area contributed by atoms with Crippen LogP contribution in [0, 0.1) is 11.6 Å². The van der Waals surface area contributed by atoms with Crippen molar-refractivity contribution in [2.24, 2.45) is 0 Å². The second kappa shape index (κ2) is 3.70. The number of hydrogen-bond acceptors (Lipinski definition) is 2. The average Bonchev–Trinajstić information content (AvgIpc) is 2.16. The number of allylic oxidation sites excluding steroid dienone is 1. The van der Waals surface area contributed by atoms with Crippen molar-refractivity contribution in [2.45, 2.75) is 18.9 Å². The van der Waals surface area contributed by atoms with E-state index < -0.39 is 17.2 Å². The van der Waals surface area contributed by atoms with E-state index in [1.165, 1.54) is 25.3 Å². The molecular weight excluding hydrogens is 214 g/mol. The highest BCUT2D eigenvalue weighted by molar-refractivity contribution is 5.91. The quantitative estimate of drug-likeness (QED) is 0.733. The monoisotopic (exact) mass is 224 g/mol. The second-order valence-electron chi connectivity index (χ2n) is 3.89. The van der Waals surface area contributed by atoms with Crippen LogP contribution in [0.5, 0.6) is 0 Å². The number of rotatable bonds is 1. The van der Waals surface area contributed by atoms with Crippen LogP contribution in [0.2, 0.25) is 0 Å². The molecule has 1 heterocycles. The van der Waals surface area contributed by atoms with E-state index in [1.54, 1.807) is 0 Å². The molecule has 1 aliphatic heterocycles. The minimum Gasteiger partial charge on any atom is -0.490 e. The van der Waals surface area contributed by atoms with E-state index in [0.29, 0.717) is 0 Å². The molecule has 1 aromatic rings. The van der Waals surface area contributed by atoms with Crippen LogP contribution in [0.1, 0.15) is 18.9 Å². The number of hydrogen-bond donors (Lipinski definition) is 0. The number of halogens is 2. The predicted octanol–water partition coefficient (Wildman–Crippen LogP) is 2.68. The number of benzene rings is 1. The average molecular weight is 224 g/mol. The highest BCUT2D eigenvalue weighted by atomic mass is 19.1. The molecule has 4 heteroatoms. The zero-order chi connectivity index (χ0) is 11.8. The summed E-state index contributed by atoms with van der Waals surface area (Å²) < 4.78 is 32.3. The fraction of sp³-hybridized carbons (Fsp3) is 0.250. The predicted molar refractivity (Wildman–Crippen MR) is 53.6 cm³/mol. The van der Waals surface area contributed by atoms with Crippen LogP contribution in [0.15, 0.2) is 30.5 Å². The van der Waals surface area contributed by atoms with Gasteiger partial charge in [0.15, 0.2) is 5.78 Å². The van der Waals surface area contributed by atoms with Gasteiger partial charge in [-0.05, 0) is 19.1 Å². The first-order chi connectivity index (χ1) is 7.53. The molecule has 0 N–H and O–H groups in total. The molecule has 0 aliphatic carbocycles. The Hall–Kier alpha value is -1.71. The standard InChI is InChI=1S/C12H10F2O2/c1-12(7-8(15)5-6-16-12)11-9(13)3-2-4-10(11)14/h2-6H,7H2,1H3. The van der Waals surface area contributed by atoms with Gasteiger partial charge in [0.25, 0.3) is 0 Å². The molecule has 1 atom stereocenters. The minimum atomic E-state index is -1.26. The van der Waals surface area contributed by atoms with E-state index >= 15 is 0 Å². The SMILES string of the molecule is CC1(c2c(F)cccc2F)CC(=O)C=CO1. The lowest BCUT2D eigenvalue weighted by Gasteiger charge is -2.31. The third-order valence-corrected chi connectivity index (χ3v) is 2.59. The largest absolute Gasteiger partial charge is 0.490 e. The van der Waals surface area contributed by atoms with E-state index in [2.05, 4.69) is 0 Å². The Kier molecular flexibility index (Phi) is 2.50. The summed E-state index contributed by atoms with van der Waals surface area (Å²) in [5.41, 5.74) is -1.46. The first-order valence-corrected chi connectivity index (χ1v) is 4.85. The Labute approximate surface area is 91.5 Å². The van der Waals surface area contributed by atoms with Gasteiger partial charge in [0.1, 0.15) is 17.2 Å². The molecule has 0 amide bonds. The van der Waals surface area contributed by atoms with Gasteiger partial charge in [-0.1, -0.05) is 6.07 Å². The maximum atomic E-state index is 13.6. The Balaban J connectivity index is 2.51. The topological polar surface area (TPSA) is 26.3 Å². The van der Waals surface area contributed by atoms with E-state index in [4.69, 9.17) is 4.74 Å². The van der Waals surface area contributed by atoms with Gasteiger partial charge in [-0.3, -0.25) is 4.79 Å². The molecule has 2 nitrogen and oxygen atoms in total. The van der Waals surface area contributed by atoms with E-state index in [1.807, 2.05) is 0 Å². The van der Waals surface area contributed by atoms with Gasteiger partial charge in [0.05, 0.1) is 18.2 Å². The molecule has 0 saturated heterocycles. The number of ether oxygens (including phenoxy) is 1. The molecule has 0 saturated carbocycles. The Morgan fingerprint density at radius 1 is 1.31 bits per heavy atom. The van der Waals surface area contributed by atoms with Gasteiger partial charge >= 0.3 is 0 Å². The Bertz CT molecular complexity index is 448. The van der Waals surface area contributed by atoms with Crippen LogP contribution in [0.4, 0.5) is 8.78 Å². The summed E-state index contributed by atoms with van der Waals surface area (Å²) in [5.74, 6) is -1.62. The van der Waals surface area contributed by atoms with Gasteiger partial charge in [0.2, 0.25) is 0 Å². The van der Waals surface area contributed by atoms with Crippen LogP contribution >= 0.6 is 0 Å². The molecule has 84 valence electrons. The summed E-state index contributed by atoms with van der Waals surface area (Å²) in [6.07, 6.45) is 2.36. The number of carbonyl (C=O) groups is 1. The second-order valence-corrected chi connectivity index (χ2v) is 3.89. The smallest absolute Gasteiger partial charge is 0.163 e. The number of carbonyl (C=O) groups excluding carboxylic acids is 1. The van der Waals surface area contributed by atoms with Crippen molar-refractivity contribution in [2.75, 3.05) is 0 Å². The molecule has 1 aliphatic rings. The third-order valence-electron chi connectivity index (χ3n) is 2.59. The first kappa shape index (κ1) is 10.8. The number of ketones is 1. The van der Waals surface area contributed by atoms with Gasteiger partial charge in [-0.25, -0.2) is 8.78 Å². The molecule has 0 aromatic heterocycles. The van der Waals surface area contributed by atoms with Crippen molar-refractivity contribution in [3.05, 3.63) is 47.7 Å². The Morgan fingerprint density at radius 2 is 1.94 bits per heavy atom. The van der Waals surface area contributed by atoms with Gasteiger partial charge in [-0.2, -0.15) is 0 Å². The lowest BCUT2D eigenvalue weighted by atomic mass is 9.88. The van der Waals surface area contributed by atoms with E-state index in [9.17, 15) is 13.6 Å². The highest BCUT2D eigenvalue weighted by Crippen LogP contribution is 2.35. The van der Waals surface area contributed by atoms with Gasteiger partial charge in [-0.15, -0.1) is 0 Å². The molecule has 0 fully saturated rings. The van der Waals surface area contributed by atoms with Crippen LogP contribution < -0.4 is 0 Å². The molecular formula is C12H10F2O2. The van der Waals surface area contributed by atoms with Crippen LogP contribution in [-0.4, -0.2) is 5.78 Å². The van der Waals surface area contributed by atoms with Gasteiger partial charge in [0, 0.05) is 6.08 Å². The highest BCUT2D eigenvalue weighted by Gasteiger charge is 2.37. The summed E-state index contributed by atoms with van der Waals surface area (Å²) >= 11 is 0. The molecule has 0 bridgehead atoms. The summed E-state index contributed by atoms with van der Waals surface area (Å²) in [6, 6.07) is 3.57. The Morgan fingerprint density at radius 3 is 2.50 bits per heavy atom. The maximum absolute atomic E-state index is 13.6. The van der Waals surface area contributed by atoms with Crippen molar-refractivity contribution in [3.8, 4) is 0 Å². The zero-order valence-corrected chi connectivity index (χ0v) is 8.67. The van der Waals surface area contributed by atoms with E-state index in [0.717, 1.165) is 12.1 Å². The fourth-order valence-corrected chi connectivity index (χ4v) is 1.84. The fourth-order valence-electron chi connectivity index (χ4n) is 1.84. The summed E-state index contributed by atoms with van der Waals surface area (Å²) in [7, 11) is 0. The van der Waals surface area contributed by atoms with Crippen molar-refractivity contribution >= 4 is 5.78 Å². The molecule has 2 rings (SSSR count). The van der Waals surface area contributed by atoms with Crippen LogP contribution in [0.25, 0.3) is 0 Å². The maximum Gasteiger partial charge on any atom is 0.163 e. The van der Waals surface area contributed by atoms with Crippen LogP contribution in [-0.2, 0) is 15.1 Å². The first-order valence-electron chi connectivity index (χ1n) is 4.85. The normalized spacial score (nSPS) is 24.3. The molecule has 0 spiro atoms. The van der Waals surface area contributed by atoms with Crippen molar-refractivity contribution < 1.29 is 18.3 Å². The molecule has 1 aromatic carbocycles. The van der Waals surface area contributed by atoms with Crippen LogP contribution in [0.3, 0.4) is 0 Å². The van der Waals surface area contributed by atoms with Crippen molar-refractivity contribution in [1.82, 2.24) is 0 Å². The van der Waals surface area contributed by atoms with Crippen molar-refractivity contribution in [3.63, 3.8) is 0 Å². The third kappa shape index (κ3) is 1.71. The molecule has 1 unspecified atom stereocenters. The van der Waals surface area contributed by atoms with E-state index in [-0.39, 0.29) is 17.8 Å². The minimum absolute atomic E-state index is 0.0681. The molecule has 16 heavy (non-hydrogen) atoms. The zero-order valence-electron chi connectivity index (χ0n) is 8.67. The van der Waals surface area contributed by atoms with Crippen molar-refractivity contribution in [1.29, 1.82) is 0 Å². The summed E-state index contributed by atoms with van der Waals surface area (Å²) in [4.78, 5) is 11.3. The van der Waals surface area contributed by atoms with Gasteiger partial charge < -0.3 is 4.74 Å². The lowest BCUT2D eigenvalue weighted by Crippen LogP contribution is -2.32. The lowest BCUT2D eigenvalue weighted by molar-refractivity contribution is -0.122. The molecule has 0 radical (unpaired) electrons.